The summed E-state index contributed by atoms with van der Waals surface area (Å²) in [6, 6.07) is 13.7. The van der Waals surface area contributed by atoms with Gasteiger partial charge in [-0.3, -0.25) is 4.79 Å². The van der Waals surface area contributed by atoms with E-state index in [1.807, 2.05) is 12.1 Å². The number of hydrogen-bond acceptors (Lipinski definition) is 2. The Hall–Kier alpha value is -2.59. The molecule has 0 aliphatic heterocycles. The summed E-state index contributed by atoms with van der Waals surface area (Å²) in [6.45, 7) is 1.49. The predicted molar refractivity (Wildman–Crippen MR) is 90.3 cm³/mol. The fourth-order valence-corrected chi connectivity index (χ4v) is 1.84. The first kappa shape index (κ1) is 15.8. The van der Waals surface area contributed by atoms with Gasteiger partial charge in [0.15, 0.2) is 5.78 Å². The summed E-state index contributed by atoms with van der Waals surface area (Å²) in [6.07, 6.45) is 3.22. The molecule has 112 valence electrons. The standard InChI is InChI=1S/C17H15ClN2O2/c1-12(21)2-3-13-4-8-15(9-5-13)19-17(22)20-16-10-6-14(18)7-11-16/h2-11H,1H3,(H2,19,20,22)/b3-2+. The summed E-state index contributed by atoms with van der Waals surface area (Å²) in [5.41, 5.74) is 2.20. The lowest BCUT2D eigenvalue weighted by Gasteiger charge is -2.08. The first-order valence-corrected chi connectivity index (χ1v) is 7.03. The van der Waals surface area contributed by atoms with Crippen molar-refractivity contribution in [3.63, 3.8) is 0 Å². The Labute approximate surface area is 133 Å². The van der Waals surface area contributed by atoms with Crippen molar-refractivity contribution in [2.75, 3.05) is 10.6 Å². The lowest BCUT2D eigenvalue weighted by molar-refractivity contribution is -0.112. The molecule has 0 saturated heterocycles. The average molecular weight is 315 g/mol. The molecule has 22 heavy (non-hydrogen) atoms. The smallest absolute Gasteiger partial charge is 0.308 e. The van der Waals surface area contributed by atoms with E-state index in [2.05, 4.69) is 10.6 Å². The third-order valence-electron chi connectivity index (χ3n) is 2.78. The Bertz CT molecular complexity index is 692. The molecule has 2 aromatic rings. The van der Waals surface area contributed by atoms with Gasteiger partial charge in [-0.1, -0.05) is 29.8 Å². The molecule has 0 radical (unpaired) electrons. The van der Waals surface area contributed by atoms with E-state index in [0.717, 1.165) is 5.56 Å². The number of halogens is 1. The normalized spacial score (nSPS) is 10.5. The van der Waals surface area contributed by atoms with Gasteiger partial charge >= 0.3 is 6.03 Å². The third-order valence-corrected chi connectivity index (χ3v) is 3.03. The van der Waals surface area contributed by atoms with Gasteiger partial charge in [0.1, 0.15) is 0 Å². The minimum atomic E-state index is -0.339. The molecule has 4 nitrogen and oxygen atoms in total. The van der Waals surface area contributed by atoms with Gasteiger partial charge < -0.3 is 10.6 Å². The highest BCUT2D eigenvalue weighted by molar-refractivity contribution is 6.30. The van der Waals surface area contributed by atoms with Crippen molar-refractivity contribution in [1.29, 1.82) is 0 Å². The largest absolute Gasteiger partial charge is 0.323 e. The van der Waals surface area contributed by atoms with Gasteiger partial charge in [0.25, 0.3) is 0 Å². The highest BCUT2D eigenvalue weighted by atomic mass is 35.5. The van der Waals surface area contributed by atoms with Crippen LogP contribution >= 0.6 is 11.6 Å². The molecule has 5 heteroatoms. The zero-order chi connectivity index (χ0) is 15.9. The van der Waals surface area contributed by atoms with E-state index in [9.17, 15) is 9.59 Å². The monoisotopic (exact) mass is 314 g/mol. The molecule has 0 unspecified atom stereocenters. The van der Waals surface area contributed by atoms with E-state index in [-0.39, 0.29) is 11.8 Å². The number of amides is 2. The van der Waals surface area contributed by atoms with Crippen molar-refractivity contribution in [3.8, 4) is 0 Å². The van der Waals surface area contributed by atoms with Gasteiger partial charge in [-0.25, -0.2) is 4.79 Å². The van der Waals surface area contributed by atoms with Gasteiger partial charge in [-0.2, -0.15) is 0 Å². The summed E-state index contributed by atoms with van der Waals surface area (Å²) in [5.74, 6) is -0.00968. The molecule has 0 saturated carbocycles. The number of anilines is 2. The molecular weight excluding hydrogens is 300 g/mol. The number of allylic oxidation sites excluding steroid dienone is 1. The maximum Gasteiger partial charge on any atom is 0.323 e. The fourth-order valence-electron chi connectivity index (χ4n) is 1.72. The molecule has 0 bridgehead atoms. The maximum atomic E-state index is 11.9. The molecule has 2 amide bonds. The van der Waals surface area contributed by atoms with E-state index >= 15 is 0 Å². The van der Waals surface area contributed by atoms with Crippen molar-refractivity contribution in [2.24, 2.45) is 0 Å². The number of ketones is 1. The molecule has 0 fully saturated rings. The van der Waals surface area contributed by atoms with Crippen molar-refractivity contribution in [3.05, 3.63) is 65.2 Å². The number of carbonyl (C=O) groups is 2. The Morgan fingerprint density at radius 2 is 1.41 bits per heavy atom. The van der Waals surface area contributed by atoms with Crippen LogP contribution in [0.1, 0.15) is 12.5 Å². The predicted octanol–water partition coefficient (Wildman–Crippen LogP) is 4.59. The lowest BCUT2D eigenvalue weighted by Crippen LogP contribution is -2.19. The summed E-state index contributed by atoms with van der Waals surface area (Å²) >= 11 is 5.78. The zero-order valence-electron chi connectivity index (χ0n) is 12.0. The number of rotatable bonds is 4. The summed E-state index contributed by atoms with van der Waals surface area (Å²) in [5, 5.41) is 6.04. The maximum absolute atomic E-state index is 11.9. The SMILES string of the molecule is CC(=O)/C=C/c1ccc(NC(=O)Nc2ccc(Cl)cc2)cc1. The molecule has 2 rings (SSSR count). The number of hydrogen-bond donors (Lipinski definition) is 2. The summed E-state index contributed by atoms with van der Waals surface area (Å²) < 4.78 is 0. The highest BCUT2D eigenvalue weighted by Crippen LogP contribution is 2.15. The zero-order valence-corrected chi connectivity index (χ0v) is 12.7. The van der Waals surface area contributed by atoms with Gasteiger partial charge in [0.2, 0.25) is 0 Å². The van der Waals surface area contributed by atoms with Crippen LogP contribution in [0.4, 0.5) is 16.2 Å². The number of urea groups is 1. The molecule has 0 aliphatic rings. The molecule has 2 aromatic carbocycles. The minimum absolute atomic E-state index is 0.00968. The second-order valence-electron chi connectivity index (χ2n) is 4.65. The first-order valence-electron chi connectivity index (χ1n) is 6.65. The molecule has 0 heterocycles. The molecule has 0 aliphatic carbocycles. The molecular formula is C17H15ClN2O2. The van der Waals surface area contributed by atoms with Crippen LogP contribution in [-0.2, 0) is 4.79 Å². The quantitative estimate of drug-likeness (QED) is 0.811. The topological polar surface area (TPSA) is 58.2 Å². The average Bonchev–Trinajstić information content (AvgIpc) is 2.49. The van der Waals surface area contributed by atoms with Crippen LogP contribution in [0.3, 0.4) is 0 Å². The first-order chi connectivity index (χ1) is 10.5. The van der Waals surface area contributed by atoms with Crippen molar-refractivity contribution in [1.82, 2.24) is 0 Å². The van der Waals surface area contributed by atoms with Crippen molar-refractivity contribution >= 4 is 40.9 Å². The number of benzene rings is 2. The van der Waals surface area contributed by atoms with Crippen LogP contribution in [0.5, 0.6) is 0 Å². The van der Waals surface area contributed by atoms with Crippen LogP contribution in [0.25, 0.3) is 6.08 Å². The van der Waals surface area contributed by atoms with Crippen LogP contribution in [0.15, 0.2) is 54.6 Å². The van der Waals surface area contributed by atoms with Crippen molar-refractivity contribution < 1.29 is 9.59 Å². The van der Waals surface area contributed by atoms with E-state index < -0.39 is 0 Å². The van der Waals surface area contributed by atoms with E-state index in [4.69, 9.17) is 11.6 Å². The van der Waals surface area contributed by atoms with E-state index in [1.165, 1.54) is 13.0 Å². The number of carbonyl (C=O) groups excluding carboxylic acids is 2. The van der Waals surface area contributed by atoms with Gasteiger partial charge in [-0.05, 0) is 55.0 Å². The van der Waals surface area contributed by atoms with Gasteiger partial charge in [-0.15, -0.1) is 0 Å². The second-order valence-corrected chi connectivity index (χ2v) is 5.09. The Morgan fingerprint density at radius 3 is 1.91 bits per heavy atom. The van der Waals surface area contributed by atoms with Gasteiger partial charge in [0.05, 0.1) is 0 Å². The molecule has 2 N–H and O–H groups in total. The Kier molecular flexibility index (Phi) is 5.33. The number of nitrogens with one attached hydrogen (secondary N) is 2. The van der Waals surface area contributed by atoms with Crippen LogP contribution in [0, 0.1) is 0 Å². The molecule has 0 aromatic heterocycles. The van der Waals surface area contributed by atoms with Crippen LogP contribution in [-0.4, -0.2) is 11.8 Å². The van der Waals surface area contributed by atoms with Gasteiger partial charge in [0, 0.05) is 16.4 Å². The minimum Gasteiger partial charge on any atom is -0.308 e. The second kappa shape index (κ2) is 7.43. The Balaban J connectivity index is 1.94. The summed E-state index contributed by atoms with van der Waals surface area (Å²) in [4.78, 5) is 22.7. The van der Waals surface area contributed by atoms with Crippen molar-refractivity contribution in [2.45, 2.75) is 6.92 Å². The van der Waals surface area contributed by atoms with E-state index in [1.54, 1.807) is 42.5 Å². The Morgan fingerprint density at radius 1 is 0.909 bits per heavy atom. The van der Waals surface area contributed by atoms with Crippen LogP contribution in [0.2, 0.25) is 5.02 Å². The fraction of sp³-hybridized carbons (Fsp3) is 0.0588. The highest BCUT2D eigenvalue weighted by Gasteiger charge is 2.02. The molecule has 0 spiro atoms. The molecule has 0 atom stereocenters. The van der Waals surface area contributed by atoms with Crippen LogP contribution < -0.4 is 10.6 Å². The lowest BCUT2D eigenvalue weighted by atomic mass is 10.2. The van der Waals surface area contributed by atoms with E-state index in [0.29, 0.717) is 16.4 Å². The third kappa shape index (κ3) is 5.07. The summed E-state index contributed by atoms with van der Waals surface area (Å²) in [7, 11) is 0.